The highest BCUT2D eigenvalue weighted by Gasteiger charge is 2.24. The molecule has 1 heterocycles. The summed E-state index contributed by atoms with van der Waals surface area (Å²) in [7, 11) is 0. The molecule has 32 heavy (non-hydrogen) atoms. The van der Waals surface area contributed by atoms with Gasteiger partial charge in [0.2, 0.25) is 5.91 Å². The van der Waals surface area contributed by atoms with E-state index in [0.717, 1.165) is 11.3 Å². The summed E-state index contributed by atoms with van der Waals surface area (Å²) < 4.78 is 33.1. The summed E-state index contributed by atoms with van der Waals surface area (Å²) in [5.74, 6) is -0.523. The minimum atomic E-state index is -0.625. The van der Waals surface area contributed by atoms with Gasteiger partial charge in [-0.2, -0.15) is 0 Å². The molecular weight excluding hydrogens is 414 g/mol. The van der Waals surface area contributed by atoms with Gasteiger partial charge in [0, 0.05) is 13.1 Å². The highest BCUT2D eigenvalue weighted by atomic mass is 19.1. The van der Waals surface area contributed by atoms with Crippen molar-refractivity contribution in [1.82, 2.24) is 9.80 Å². The molecule has 0 radical (unpaired) electrons. The molecule has 7 heteroatoms. The van der Waals surface area contributed by atoms with E-state index in [0.29, 0.717) is 18.7 Å². The van der Waals surface area contributed by atoms with Gasteiger partial charge in [-0.15, -0.1) is 0 Å². The molecule has 5 nitrogen and oxygen atoms in total. The molecule has 0 aliphatic rings. The molecule has 1 aromatic heterocycles. The molecule has 3 aromatic rings. The largest absolute Gasteiger partial charge is 0.464 e. The lowest BCUT2D eigenvalue weighted by molar-refractivity contribution is -0.133. The Morgan fingerprint density at radius 3 is 2.25 bits per heavy atom. The van der Waals surface area contributed by atoms with Gasteiger partial charge in [-0.05, 0) is 55.3 Å². The highest BCUT2D eigenvalue weighted by Crippen LogP contribution is 2.16. The zero-order valence-corrected chi connectivity index (χ0v) is 18.2. The van der Waals surface area contributed by atoms with Crippen molar-refractivity contribution in [2.24, 2.45) is 0 Å². The third-order valence-corrected chi connectivity index (χ3v) is 4.99. The van der Waals surface area contributed by atoms with Crippen LogP contribution in [0.25, 0.3) is 0 Å². The van der Waals surface area contributed by atoms with Crippen molar-refractivity contribution < 1.29 is 22.8 Å². The summed E-state index contributed by atoms with van der Waals surface area (Å²) in [6.45, 7) is 4.20. The molecule has 2 aromatic carbocycles. The van der Waals surface area contributed by atoms with Crippen LogP contribution in [0.4, 0.5) is 8.78 Å². The first-order valence-electron chi connectivity index (χ1n) is 10.5. The van der Waals surface area contributed by atoms with Gasteiger partial charge >= 0.3 is 0 Å². The summed E-state index contributed by atoms with van der Waals surface area (Å²) in [4.78, 5) is 29.1. The second-order valence-electron chi connectivity index (χ2n) is 7.60. The van der Waals surface area contributed by atoms with E-state index in [2.05, 4.69) is 0 Å². The molecule has 0 unspecified atom stereocenters. The zero-order chi connectivity index (χ0) is 23.1. The van der Waals surface area contributed by atoms with Crippen LogP contribution in [-0.2, 0) is 17.9 Å². The van der Waals surface area contributed by atoms with E-state index >= 15 is 0 Å². The van der Waals surface area contributed by atoms with Gasteiger partial charge in [-0.3, -0.25) is 9.59 Å². The molecule has 0 bridgehead atoms. The normalized spacial score (nSPS) is 10.8. The smallest absolute Gasteiger partial charge is 0.257 e. The number of nitrogens with zero attached hydrogens (tertiary/aromatic N) is 2. The molecular formula is C25H26F2N2O3. The van der Waals surface area contributed by atoms with E-state index in [1.54, 1.807) is 35.2 Å². The van der Waals surface area contributed by atoms with E-state index in [-0.39, 0.29) is 36.9 Å². The maximum atomic E-state index is 14.2. The van der Waals surface area contributed by atoms with Crippen LogP contribution >= 0.6 is 0 Å². The molecule has 0 atom stereocenters. The lowest BCUT2D eigenvalue weighted by Gasteiger charge is -2.27. The Morgan fingerprint density at radius 2 is 1.62 bits per heavy atom. The van der Waals surface area contributed by atoms with Crippen LogP contribution in [0.2, 0.25) is 0 Å². The number of hydrogen-bond acceptors (Lipinski definition) is 3. The number of carbonyl (C=O) groups excluding carboxylic acids is 2. The van der Waals surface area contributed by atoms with E-state index in [9.17, 15) is 18.4 Å². The Bertz CT molecular complexity index is 1060. The Morgan fingerprint density at radius 1 is 0.906 bits per heavy atom. The van der Waals surface area contributed by atoms with Crippen molar-refractivity contribution in [3.05, 3.63) is 94.9 Å². The Labute approximate surface area is 186 Å². The lowest BCUT2D eigenvalue weighted by atomic mass is 10.1. The SMILES string of the molecule is CCCN(CC(=O)N(Cc1ccc(F)cc1)Cc1ccc(C)o1)C(=O)c1ccccc1F. The number of carbonyl (C=O) groups is 2. The summed E-state index contributed by atoms with van der Waals surface area (Å²) in [6, 6.07) is 15.2. The minimum absolute atomic E-state index is 0.0690. The van der Waals surface area contributed by atoms with Crippen LogP contribution in [0.5, 0.6) is 0 Å². The second-order valence-corrected chi connectivity index (χ2v) is 7.60. The fourth-order valence-electron chi connectivity index (χ4n) is 3.39. The molecule has 0 saturated heterocycles. The molecule has 0 aliphatic heterocycles. The maximum absolute atomic E-state index is 14.2. The number of aryl methyl sites for hydroxylation is 1. The van der Waals surface area contributed by atoms with Crippen molar-refractivity contribution in [2.75, 3.05) is 13.1 Å². The minimum Gasteiger partial charge on any atom is -0.464 e. The third kappa shape index (κ3) is 6.03. The van der Waals surface area contributed by atoms with E-state index in [4.69, 9.17) is 4.42 Å². The van der Waals surface area contributed by atoms with Crippen molar-refractivity contribution in [3.8, 4) is 0 Å². The van der Waals surface area contributed by atoms with Gasteiger partial charge in [0.15, 0.2) is 0 Å². The summed E-state index contributed by atoms with van der Waals surface area (Å²) in [5.41, 5.74) is 0.672. The third-order valence-electron chi connectivity index (χ3n) is 4.99. The maximum Gasteiger partial charge on any atom is 0.257 e. The van der Waals surface area contributed by atoms with Gasteiger partial charge in [0.1, 0.15) is 29.7 Å². The number of halogens is 2. The predicted octanol–water partition coefficient (Wildman–Crippen LogP) is 4.95. The fraction of sp³-hybridized carbons (Fsp3) is 0.280. The number of benzene rings is 2. The first-order valence-corrected chi connectivity index (χ1v) is 10.5. The molecule has 3 rings (SSSR count). The second kappa shape index (κ2) is 10.7. The van der Waals surface area contributed by atoms with Gasteiger partial charge in [-0.1, -0.05) is 31.2 Å². The molecule has 0 fully saturated rings. The number of furan rings is 1. The number of rotatable bonds is 9. The summed E-state index contributed by atoms with van der Waals surface area (Å²) >= 11 is 0. The first kappa shape index (κ1) is 23.2. The van der Waals surface area contributed by atoms with E-state index in [1.807, 2.05) is 13.8 Å². The quantitative estimate of drug-likeness (QED) is 0.473. The van der Waals surface area contributed by atoms with Crippen LogP contribution in [0.1, 0.15) is 40.8 Å². The van der Waals surface area contributed by atoms with Gasteiger partial charge in [0.05, 0.1) is 12.1 Å². The molecule has 2 amide bonds. The van der Waals surface area contributed by atoms with Crippen molar-refractivity contribution in [2.45, 2.75) is 33.4 Å². The highest BCUT2D eigenvalue weighted by molar-refractivity contribution is 5.96. The van der Waals surface area contributed by atoms with Gasteiger partial charge in [0.25, 0.3) is 5.91 Å². The van der Waals surface area contributed by atoms with Gasteiger partial charge in [-0.25, -0.2) is 8.78 Å². The zero-order valence-electron chi connectivity index (χ0n) is 18.2. The predicted molar refractivity (Wildman–Crippen MR) is 117 cm³/mol. The lowest BCUT2D eigenvalue weighted by Crippen LogP contribution is -2.43. The molecule has 0 saturated carbocycles. The Kier molecular flexibility index (Phi) is 7.76. The van der Waals surface area contributed by atoms with Crippen LogP contribution < -0.4 is 0 Å². The Hall–Kier alpha value is -3.48. The number of amides is 2. The van der Waals surface area contributed by atoms with Crippen molar-refractivity contribution >= 4 is 11.8 Å². The summed E-state index contributed by atoms with van der Waals surface area (Å²) in [6.07, 6.45) is 0.614. The Balaban J connectivity index is 1.81. The van der Waals surface area contributed by atoms with Crippen LogP contribution in [-0.4, -0.2) is 34.7 Å². The van der Waals surface area contributed by atoms with Gasteiger partial charge < -0.3 is 14.2 Å². The number of hydrogen-bond donors (Lipinski definition) is 0. The standard InChI is InChI=1S/C25H26F2N2O3/c1-3-14-28(25(31)22-6-4-5-7-23(22)27)17-24(30)29(16-21-13-8-18(2)32-21)15-19-9-11-20(26)12-10-19/h4-13H,3,14-17H2,1-2H3. The summed E-state index contributed by atoms with van der Waals surface area (Å²) in [5, 5.41) is 0. The average molecular weight is 440 g/mol. The molecule has 168 valence electrons. The molecule has 0 aliphatic carbocycles. The average Bonchev–Trinajstić information content (AvgIpc) is 3.19. The molecule has 0 N–H and O–H groups in total. The first-order chi connectivity index (χ1) is 15.4. The van der Waals surface area contributed by atoms with Crippen molar-refractivity contribution in [3.63, 3.8) is 0 Å². The fourth-order valence-corrected chi connectivity index (χ4v) is 3.39. The van der Waals surface area contributed by atoms with Crippen LogP contribution in [0.3, 0.4) is 0 Å². The van der Waals surface area contributed by atoms with Crippen LogP contribution in [0.15, 0.2) is 65.1 Å². The van der Waals surface area contributed by atoms with Crippen molar-refractivity contribution in [1.29, 1.82) is 0 Å². The van der Waals surface area contributed by atoms with E-state index < -0.39 is 11.7 Å². The van der Waals surface area contributed by atoms with Crippen LogP contribution in [0, 0.1) is 18.6 Å². The van der Waals surface area contributed by atoms with E-state index in [1.165, 1.54) is 35.2 Å². The monoisotopic (exact) mass is 440 g/mol. The topological polar surface area (TPSA) is 53.8 Å². The molecule has 0 spiro atoms.